The minimum Gasteiger partial charge on any atom is -0.353 e. The Kier molecular flexibility index (Phi) is 3.09. The predicted octanol–water partition coefficient (Wildman–Crippen LogP) is 2.58. The van der Waals surface area contributed by atoms with Gasteiger partial charge in [-0.15, -0.1) is 0 Å². The van der Waals surface area contributed by atoms with Gasteiger partial charge >= 0.3 is 0 Å². The molecule has 2 rings (SSSR count). The molecule has 84 valence electrons. The molecule has 0 radical (unpaired) electrons. The molecule has 1 aliphatic heterocycles. The molecule has 0 saturated carbocycles. The van der Waals surface area contributed by atoms with E-state index in [2.05, 4.69) is 29.8 Å². The molecule has 0 bridgehead atoms. The molecule has 16 heavy (non-hydrogen) atoms. The van der Waals surface area contributed by atoms with Crippen LogP contribution in [0.3, 0.4) is 0 Å². The molecule has 0 amide bonds. The van der Waals surface area contributed by atoms with Gasteiger partial charge in [0.1, 0.15) is 11.9 Å². The number of rotatable bonds is 1. The first kappa shape index (κ1) is 10.9. The Morgan fingerprint density at radius 1 is 1.50 bits per heavy atom. The van der Waals surface area contributed by atoms with Crippen molar-refractivity contribution < 1.29 is 0 Å². The second kappa shape index (κ2) is 4.52. The van der Waals surface area contributed by atoms with E-state index in [4.69, 9.17) is 5.26 Å². The summed E-state index contributed by atoms with van der Waals surface area (Å²) < 4.78 is 0. The van der Waals surface area contributed by atoms with E-state index >= 15 is 0 Å². The van der Waals surface area contributed by atoms with Gasteiger partial charge in [-0.1, -0.05) is 6.92 Å². The van der Waals surface area contributed by atoms with Crippen LogP contribution in [0.2, 0.25) is 0 Å². The van der Waals surface area contributed by atoms with E-state index < -0.39 is 0 Å². The molecular weight excluding hydrogens is 198 g/mol. The maximum atomic E-state index is 9.08. The Labute approximate surface area is 96.7 Å². The molecule has 0 spiro atoms. The van der Waals surface area contributed by atoms with Crippen LogP contribution in [0, 0.1) is 17.2 Å². The third-order valence-electron chi connectivity index (χ3n) is 3.55. The quantitative estimate of drug-likeness (QED) is 0.723. The van der Waals surface area contributed by atoms with Crippen LogP contribution in [-0.4, -0.2) is 17.6 Å². The number of hydrogen-bond donors (Lipinski definition) is 0. The first-order valence-electron chi connectivity index (χ1n) is 5.86. The van der Waals surface area contributed by atoms with E-state index in [-0.39, 0.29) is 0 Å². The standard InChI is InChI=1S/C13H17N3/c1-10-5-4-8-16(11(10)2)13-12(9-14)6-3-7-15-13/h3,6-7,10-11H,4-5,8H2,1-2H3. The van der Waals surface area contributed by atoms with Gasteiger partial charge in [0.25, 0.3) is 0 Å². The highest BCUT2D eigenvalue weighted by Gasteiger charge is 2.26. The van der Waals surface area contributed by atoms with E-state index in [9.17, 15) is 0 Å². The summed E-state index contributed by atoms with van der Waals surface area (Å²) in [5.41, 5.74) is 0.684. The summed E-state index contributed by atoms with van der Waals surface area (Å²) in [7, 11) is 0. The molecule has 3 nitrogen and oxygen atoms in total. The fourth-order valence-corrected chi connectivity index (χ4v) is 2.35. The highest BCUT2D eigenvalue weighted by atomic mass is 15.2. The minimum absolute atomic E-state index is 0.468. The summed E-state index contributed by atoms with van der Waals surface area (Å²) in [5.74, 6) is 1.52. The number of nitrogens with zero attached hydrogens (tertiary/aromatic N) is 3. The number of pyridine rings is 1. The zero-order valence-corrected chi connectivity index (χ0v) is 9.85. The zero-order chi connectivity index (χ0) is 11.5. The molecule has 2 atom stereocenters. The summed E-state index contributed by atoms with van der Waals surface area (Å²) in [4.78, 5) is 6.63. The number of piperidine rings is 1. The Balaban J connectivity index is 2.33. The van der Waals surface area contributed by atoms with Crippen LogP contribution < -0.4 is 4.90 Å². The van der Waals surface area contributed by atoms with E-state index in [1.165, 1.54) is 12.8 Å². The van der Waals surface area contributed by atoms with E-state index in [1.807, 2.05) is 12.1 Å². The largest absolute Gasteiger partial charge is 0.353 e. The molecule has 3 heteroatoms. The number of nitriles is 1. The average Bonchev–Trinajstić information content (AvgIpc) is 2.33. The van der Waals surface area contributed by atoms with Gasteiger partial charge in [-0.25, -0.2) is 4.98 Å². The molecule has 2 unspecified atom stereocenters. The first-order valence-corrected chi connectivity index (χ1v) is 5.86. The van der Waals surface area contributed by atoms with Gasteiger partial charge in [0.15, 0.2) is 0 Å². The van der Waals surface area contributed by atoms with Gasteiger partial charge in [-0.05, 0) is 37.8 Å². The molecule has 2 heterocycles. The predicted molar refractivity (Wildman–Crippen MR) is 64.2 cm³/mol. The Morgan fingerprint density at radius 2 is 2.31 bits per heavy atom. The molecule has 1 aliphatic rings. The van der Waals surface area contributed by atoms with Crippen molar-refractivity contribution in [3.05, 3.63) is 23.9 Å². The van der Waals surface area contributed by atoms with Crippen molar-refractivity contribution in [2.75, 3.05) is 11.4 Å². The van der Waals surface area contributed by atoms with Gasteiger partial charge in [0.2, 0.25) is 0 Å². The van der Waals surface area contributed by atoms with Crippen LogP contribution in [0.25, 0.3) is 0 Å². The lowest BCUT2D eigenvalue weighted by Gasteiger charge is -2.39. The maximum Gasteiger partial charge on any atom is 0.146 e. The molecule has 1 aromatic rings. The zero-order valence-electron chi connectivity index (χ0n) is 9.85. The van der Waals surface area contributed by atoms with Gasteiger partial charge < -0.3 is 4.90 Å². The molecule has 1 saturated heterocycles. The highest BCUT2D eigenvalue weighted by molar-refractivity contribution is 5.54. The Bertz CT molecular complexity index is 408. The van der Waals surface area contributed by atoms with Gasteiger partial charge in [0.05, 0.1) is 5.56 Å². The highest BCUT2D eigenvalue weighted by Crippen LogP contribution is 2.28. The van der Waals surface area contributed by atoms with Crippen LogP contribution in [0.4, 0.5) is 5.82 Å². The third kappa shape index (κ3) is 1.88. The number of hydrogen-bond acceptors (Lipinski definition) is 3. The summed E-state index contributed by atoms with van der Waals surface area (Å²) >= 11 is 0. The van der Waals surface area contributed by atoms with Gasteiger partial charge in [-0.3, -0.25) is 0 Å². The molecular formula is C13H17N3. The fraction of sp³-hybridized carbons (Fsp3) is 0.538. The molecule has 0 aromatic carbocycles. The summed E-state index contributed by atoms with van der Waals surface area (Å²) in [5, 5.41) is 9.08. The third-order valence-corrected chi connectivity index (χ3v) is 3.55. The normalized spacial score (nSPS) is 25.2. The number of anilines is 1. The topological polar surface area (TPSA) is 39.9 Å². The summed E-state index contributed by atoms with van der Waals surface area (Å²) in [6, 6.07) is 6.35. The van der Waals surface area contributed by atoms with Crippen molar-refractivity contribution in [3.63, 3.8) is 0 Å². The van der Waals surface area contributed by atoms with Crippen LogP contribution in [-0.2, 0) is 0 Å². The maximum absolute atomic E-state index is 9.08. The molecule has 0 aliphatic carbocycles. The minimum atomic E-state index is 0.468. The van der Waals surface area contributed by atoms with Crippen molar-refractivity contribution in [2.45, 2.75) is 32.7 Å². The van der Waals surface area contributed by atoms with Crippen LogP contribution in [0.15, 0.2) is 18.3 Å². The van der Waals surface area contributed by atoms with Crippen molar-refractivity contribution in [1.82, 2.24) is 4.98 Å². The SMILES string of the molecule is CC1CCCN(c2ncccc2C#N)C1C. The van der Waals surface area contributed by atoms with Crippen LogP contribution in [0.1, 0.15) is 32.3 Å². The van der Waals surface area contributed by atoms with Gasteiger partial charge in [-0.2, -0.15) is 5.26 Å². The van der Waals surface area contributed by atoms with Crippen LogP contribution in [0.5, 0.6) is 0 Å². The summed E-state index contributed by atoms with van der Waals surface area (Å²) in [6.07, 6.45) is 4.22. The van der Waals surface area contributed by atoms with E-state index in [0.29, 0.717) is 17.5 Å². The van der Waals surface area contributed by atoms with Crippen LogP contribution >= 0.6 is 0 Å². The van der Waals surface area contributed by atoms with Gasteiger partial charge in [0, 0.05) is 18.8 Å². The molecule has 1 aromatic heterocycles. The second-order valence-corrected chi connectivity index (χ2v) is 4.54. The van der Waals surface area contributed by atoms with Crippen molar-refractivity contribution >= 4 is 5.82 Å². The monoisotopic (exact) mass is 215 g/mol. The number of aromatic nitrogens is 1. The Morgan fingerprint density at radius 3 is 3.06 bits per heavy atom. The second-order valence-electron chi connectivity index (χ2n) is 4.54. The first-order chi connectivity index (χ1) is 7.74. The smallest absolute Gasteiger partial charge is 0.146 e. The summed E-state index contributed by atoms with van der Waals surface area (Å²) in [6.45, 7) is 5.50. The lowest BCUT2D eigenvalue weighted by Crippen LogP contribution is -2.43. The van der Waals surface area contributed by atoms with E-state index in [0.717, 1.165) is 12.4 Å². The lowest BCUT2D eigenvalue weighted by atomic mass is 9.92. The van der Waals surface area contributed by atoms with Crippen molar-refractivity contribution in [2.24, 2.45) is 5.92 Å². The Hall–Kier alpha value is -1.56. The fourth-order valence-electron chi connectivity index (χ4n) is 2.35. The average molecular weight is 215 g/mol. The van der Waals surface area contributed by atoms with E-state index in [1.54, 1.807) is 6.20 Å². The van der Waals surface area contributed by atoms with Crippen molar-refractivity contribution in [3.8, 4) is 6.07 Å². The lowest BCUT2D eigenvalue weighted by molar-refractivity contribution is 0.361. The molecule has 1 fully saturated rings. The van der Waals surface area contributed by atoms with Crippen molar-refractivity contribution in [1.29, 1.82) is 5.26 Å². The molecule has 0 N–H and O–H groups in total.